The van der Waals surface area contributed by atoms with Crippen LogP contribution in [0.3, 0.4) is 0 Å². The molecule has 0 fully saturated rings. The summed E-state index contributed by atoms with van der Waals surface area (Å²) in [5.74, 6) is 0.134. The summed E-state index contributed by atoms with van der Waals surface area (Å²) in [6.07, 6.45) is 6.70. The normalized spacial score (nSPS) is 12.1. The first-order chi connectivity index (χ1) is 19.6. The molecule has 216 valence electrons. The molecule has 2 heterocycles. The highest BCUT2D eigenvalue weighted by Crippen LogP contribution is 2.31. The maximum absolute atomic E-state index is 15.1. The second-order valence-corrected chi connectivity index (χ2v) is 10.9. The van der Waals surface area contributed by atoms with Crippen molar-refractivity contribution in [1.82, 2.24) is 14.5 Å². The number of benzene rings is 2. The van der Waals surface area contributed by atoms with E-state index in [1.165, 1.54) is 4.57 Å². The van der Waals surface area contributed by atoms with Crippen LogP contribution in [0.5, 0.6) is 0 Å². The SMILES string of the molecule is C=C[C@@H](CCN=C(N)N)OCc1ccc(-n2cc3cc(-c4cc(CCCC(C)C)cc(Cl)c4F)[nH]c3nc2=O)cc1. The smallest absolute Gasteiger partial charge is 0.354 e. The summed E-state index contributed by atoms with van der Waals surface area (Å²) in [6.45, 7) is 8.96. The van der Waals surface area contributed by atoms with Gasteiger partial charge < -0.3 is 21.2 Å². The first kappa shape index (κ1) is 30.0. The van der Waals surface area contributed by atoms with E-state index in [1.54, 1.807) is 24.4 Å². The van der Waals surface area contributed by atoms with Crippen LogP contribution in [0.15, 0.2) is 71.1 Å². The van der Waals surface area contributed by atoms with Crippen molar-refractivity contribution in [2.24, 2.45) is 22.4 Å². The highest BCUT2D eigenvalue weighted by Gasteiger charge is 2.16. The van der Waals surface area contributed by atoms with E-state index in [4.69, 9.17) is 27.8 Å². The van der Waals surface area contributed by atoms with Gasteiger partial charge in [-0.05, 0) is 66.6 Å². The third-order valence-corrected chi connectivity index (χ3v) is 7.06. The largest absolute Gasteiger partial charge is 0.370 e. The number of hydrogen-bond donors (Lipinski definition) is 3. The molecule has 8 nitrogen and oxygen atoms in total. The number of aryl methyl sites for hydroxylation is 1. The third kappa shape index (κ3) is 7.83. The lowest BCUT2D eigenvalue weighted by atomic mass is 10.00. The van der Waals surface area contributed by atoms with E-state index in [0.717, 1.165) is 30.4 Å². The van der Waals surface area contributed by atoms with Gasteiger partial charge in [0.1, 0.15) is 5.65 Å². The summed E-state index contributed by atoms with van der Waals surface area (Å²) in [5, 5.41) is 0.743. The Kier molecular flexibility index (Phi) is 9.96. The lowest BCUT2D eigenvalue weighted by molar-refractivity contribution is 0.0684. The average Bonchev–Trinajstić information content (AvgIpc) is 3.34. The topological polar surface area (TPSA) is 124 Å². The van der Waals surface area contributed by atoms with Crippen LogP contribution < -0.4 is 17.2 Å². The van der Waals surface area contributed by atoms with Gasteiger partial charge >= 0.3 is 5.69 Å². The number of ether oxygens (including phenoxy) is 1. The van der Waals surface area contributed by atoms with Crippen molar-refractivity contribution >= 4 is 28.6 Å². The highest BCUT2D eigenvalue weighted by atomic mass is 35.5. The zero-order valence-corrected chi connectivity index (χ0v) is 24.1. The molecule has 41 heavy (non-hydrogen) atoms. The molecule has 0 aliphatic heterocycles. The summed E-state index contributed by atoms with van der Waals surface area (Å²) < 4.78 is 22.4. The van der Waals surface area contributed by atoms with Gasteiger partial charge in [-0.2, -0.15) is 4.98 Å². The summed E-state index contributed by atoms with van der Waals surface area (Å²) in [6, 6.07) is 12.7. The van der Waals surface area contributed by atoms with Crippen molar-refractivity contribution in [3.63, 3.8) is 0 Å². The molecule has 0 unspecified atom stereocenters. The van der Waals surface area contributed by atoms with Gasteiger partial charge in [0.05, 0.1) is 29.1 Å². The van der Waals surface area contributed by atoms with Crippen LogP contribution in [0.1, 0.15) is 44.2 Å². The van der Waals surface area contributed by atoms with Crippen LogP contribution in [-0.4, -0.2) is 33.1 Å². The Balaban J connectivity index is 1.52. The predicted octanol–water partition coefficient (Wildman–Crippen LogP) is 5.89. The number of H-pyrrole nitrogens is 1. The van der Waals surface area contributed by atoms with Crippen LogP contribution in [0, 0.1) is 11.7 Å². The van der Waals surface area contributed by atoms with Gasteiger partial charge in [-0.1, -0.05) is 50.1 Å². The second-order valence-electron chi connectivity index (χ2n) is 10.5. The molecular formula is C31H36ClFN6O2. The number of rotatable bonds is 13. The molecule has 0 radical (unpaired) electrons. The molecule has 10 heteroatoms. The molecule has 0 saturated heterocycles. The number of guanidine groups is 1. The van der Waals surface area contributed by atoms with E-state index in [1.807, 2.05) is 30.3 Å². The fourth-order valence-electron chi connectivity index (χ4n) is 4.57. The molecule has 4 rings (SSSR count). The van der Waals surface area contributed by atoms with E-state index in [0.29, 0.717) is 53.5 Å². The molecule has 0 amide bonds. The molecule has 0 aliphatic carbocycles. The van der Waals surface area contributed by atoms with Gasteiger partial charge in [0.15, 0.2) is 11.8 Å². The van der Waals surface area contributed by atoms with Crippen LogP contribution in [0.2, 0.25) is 5.02 Å². The maximum atomic E-state index is 15.1. The Labute approximate surface area is 243 Å². The Morgan fingerprint density at radius 2 is 1.95 bits per heavy atom. The minimum Gasteiger partial charge on any atom is -0.370 e. The molecule has 0 saturated carbocycles. The van der Waals surface area contributed by atoms with Crippen LogP contribution >= 0.6 is 11.6 Å². The van der Waals surface area contributed by atoms with Crippen LogP contribution in [0.4, 0.5) is 4.39 Å². The van der Waals surface area contributed by atoms with Gasteiger partial charge in [0, 0.05) is 23.7 Å². The summed E-state index contributed by atoms with van der Waals surface area (Å²) in [4.78, 5) is 24.2. The average molecular weight is 579 g/mol. The van der Waals surface area contributed by atoms with Crippen molar-refractivity contribution in [3.8, 4) is 16.9 Å². The number of nitrogens with one attached hydrogen (secondary N) is 1. The van der Waals surface area contributed by atoms with Crippen LogP contribution in [-0.2, 0) is 17.8 Å². The number of nitrogens with two attached hydrogens (primary N) is 2. The summed E-state index contributed by atoms with van der Waals surface area (Å²) in [5.41, 5.74) is 14.1. The molecular weight excluding hydrogens is 543 g/mol. The first-order valence-electron chi connectivity index (χ1n) is 13.6. The molecule has 4 aromatic rings. The maximum Gasteiger partial charge on any atom is 0.354 e. The molecule has 5 N–H and O–H groups in total. The van der Waals surface area contributed by atoms with E-state index in [9.17, 15) is 4.79 Å². The number of halogens is 2. The van der Waals surface area contributed by atoms with Gasteiger partial charge in [0.2, 0.25) is 0 Å². The van der Waals surface area contributed by atoms with Gasteiger partial charge in [-0.15, -0.1) is 6.58 Å². The van der Waals surface area contributed by atoms with E-state index in [-0.39, 0.29) is 17.1 Å². The van der Waals surface area contributed by atoms with Crippen molar-refractivity contribution in [2.45, 2.75) is 52.2 Å². The molecule has 2 aromatic heterocycles. The number of nitrogens with zero attached hydrogens (tertiary/aromatic N) is 3. The Morgan fingerprint density at radius 3 is 2.63 bits per heavy atom. The number of aromatic amines is 1. The lowest BCUT2D eigenvalue weighted by Gasteiger charge is -2.13. The third-order valence-electron chi connectivity index (χ3n) is 6.78. The first-order valence-corrected chi connectivity index (χ1v) is 14.0. The van der Waals surface area contributed by atoms with E-state index < -0.39 is 11.5 Å². The molecule has 0 bridgehead atoms. The fourth-order valence-corrected chi connectivity index (χ4v) is 4.81. The second kappa shape index (κ2) is 13.6. The quantitative estimate of drug-likeness (QED) is 0.104. The minimum absolute atomic E-state index is 0.0421. The number of hydrogen-bond acceptors (Lipinski definition) is 4. The van der Waals surface area contributed by atoms with Crippen molar-refractivity contribution in [2.75, 3.05) is 6.54 Å². The molecule has 1 atom stereocenters. The number of aromatic nitrogens is 3. The van der Waals surface area contributed by atoms with Crippen molar-refractivity contribution in [1.29, 1.82) is 0 Å². The highest BCUT2D eigenvalue weighted by molar-refractivity contribution is 6.31. The lowest BCUT2D eigenvalue weighted by Crippen LogP contribution is -2.23. The Morgan fingerprint density at radius 1 is 1.20 bits per heavy atom. The Hall–Kier alpha value is -3.95. The van der Waals surface area contributed by atoms with Crippen LogP contribution in [0.25, 0.3) is 28.0 Å². The van der Waals surface area contributed by atoms with Gasteiger partial charge in [0.25, 0.3) is 0 Å². The molecule has 0 spiro atoms. The zero-order valence-electron chi connectivity index (χ0n) is 23.4. The number of aliphatic imine (C=N–C) groups is 1. The zero-order chi connectivity index (χ0) is 29.5. The fraction of sp³-hybridized carbons (Fsp3) is 0.323. The Bertz CT molecular complexity index is 1590. The van der Waals surface area contributed by atoms with E-state index in [2.05, 4.69) is 35.4 Å². The monoisotopic (exact) mass is 578 g/mol. The summed E-state index contributed by atoms with van der Waals surface area (Å²) in [7, 11) is 0. The van der Waals surface area contributed by atoms with Gasteiger partial charge in [-0.25, -0.2) is 9.18 Å². The summed E-state index contributed by atoms with van der Waals surface area (Å²) >= 11 is 6.25. The predicted molar refractivity (Wildman–Crippen MR) is 164 cm³/mol. The minimum atomic E-state index is -0.506. The van der Waals surface area contributed by atoms with Crippen molar-refractivity contribution in [3.05, 3.63) is 93.8 Å². The molecule has 0 aliphatic rings. The molecule has 2 aromatic carbocycles. The standard InChI is InChI=1S/C31H36ClFN6O2/c1-4-24(12-13-36-30(34)35)41-18-20-8-10-23(11-9-20)39-17-22-16-27(37-29(22)38-31(39)40)25-14-21(7-5-6-19(2)3)15-26(32)28(25)33/h4,8-11,14-17,19,24H,1,5-7,12-13,18H2,2-3H3,(H4,34,35,36)(H,37,38,40)/t24-/m0/s1. The van der Waals surface area contributed by atoms with Gasteiger partial charge in [-0.3, -0.25) is 9.56 Å². The van der Waals surface area contributed by atoms with E-state index >= 15 is 4.39 Å². The van der Waals surface area contributed by atoms with Crippen molar-refractivity contribution < 1.29 is 9.13 Å². The number of fused-ring (bicyclic) bond motifs is 1.